The van der Waals surface area contributed by atoms with Gasteiger partial charge in [-0.15, -0.1) is 0 Å². The van der Waals surface area contributed by atoms with E-state index in [1.807, 2.05) is 6.92 Å². The van der Waals surface area contributed by atoms with Gasteiger partial charge in [-0.05, 0) is 43.6 Å². The number of ketones is 3. The van der Waals surface area contributed by atoms with Gasteiger partial charge in [-0.3, -0.25) is 14.4 Å². The van der Waals surface area contributed by atoms with Crippen molar-refractivity contribution in [2.24, 2.45) is 28.6 Å². The zero-order valence-electron chi connectivity index (χ0n) is 13.4. The van der Waals surface area contributed by atoms with Gasteiger partial charge >= 0.3 is 0 Å². The number of Topliss-reactive ketones (excluding diaryl/α,β-unsaturated/α-hetero) is 2. The van der Waals surface area contributed by atoms with Gasteiger partial charge in [-0.2, -0.15) is 0 Å². The van der Waals surface area contributed by atoms with Crippen LogP contribution in [0.4, 0.5) is 0 Å². The molecule has 0 amide bonds. The van der Waals surface area contributed by atoms with Gasteiger partial charge < -0.3 is 0 Å². The minimum atomic E-state index is -0.416. The normalized spacial score (nSPS) is 47.6. The molecule has 0 spiro atoms. The fourth-order valence-electron chi connectivity index (χ4n) is 5.95. The Bertz CT molecular complexity index is 616. The average Bonchev–Trinajstić information content (AvgIpc) is 2.75. The van der Waals surface area contributed by atoms with Crippen molar-refractivity contribution in [3.63, 3.8) is 0 Å². The van der Waals surface area contributed by atoms with Crippen LogP contribution in [0.25, 0.3) is 0 Å². The lowest BCUT2D eigenvalue weighted by atomic mass is 9.47. The predicted molar refractivity (Wildman–Crippen MR) is 81.8 cm³/mol. The second-order valence-corrected chi connectivity index (χ2v) is 8.14. The van der Waals surface area contributed by atoms with Crippen LogP contribution >= 0.6 is 0 Å². The molecule has 0 aromatic heterocycles. The lowest BCUT2D eigenvalue weighted by Crippen LogP contribution is -2.55. The molecule has 3 nitrogen and oxygen atoms in total. The van der Waals surface area contributed by atoms with E-state index < -0.39 is 5.41 Å². The van der Waals surface area contributed by atoms with E-state index >= 15 is 0 Å². The summed E-state index contributed by atoms with van der Waals surface area (Å²) in [6.07, 6.45) is 8.15. The molecule has 3 fully saturated rings. The fraction of sp³-hybridized carbons (Fsp3) is 0.684. The monoisotopic (exact) mass is 299 g/mol. The third-order valence-corrected chi connectivity index (χ3v) is 7.12. The first-order valence-electron chi connectivity index (χ1n) is 8.50. The smallest absolute Gasteiger partial charge is 0.155 e. The molecule has 3 heteroatoms. The molecule has 0 bridgehead atoms. The number of carbonyl (C=O) groups is 3. The van der Waals surface area contributed by atoms with Crippen LogP contribution in [-0.4, -0.2) is 17.3 Å². The van der Waals surface area contributed by atoms with Gasteiger partial charge in [0.15, 0.2) is 5.78 Å². The molecule has 0 N–H and O–H groups in total. The second-order valence-electron chi connectivity index (χ2n) is 8.14. The first kappa shape index (κ1) is 14.3. The number of rotatable bonds is 0. The highest BCUT2D eigenvalue weighted by atomic mass is 16.1. The average molecular weight is 299 g/mol. The molecule has 1 radical (unpaired) electrons. The molecule has 4 aliphatic carbocycles. The van der Waals surface area contributed by atoms with E-state index in [4.69, 9.17) is 0 Å². The Balaban J connectivity index is 1.77. The predicted octanol–water partition coefficient (Wildman–Crippen LogP) is 3.08. The minimum Gasteiger partial charge on any atom is -0.299 e. The fourth-order valence-corrected chi connectivity index (χ4v) is 5.95. The number of fused-ring (bicyclic) bond motifs is 5. The van der Waals surface area contributed by atoms with Crippen molar-refractivity contribution in [1.29, 1.82) is 0 Å². The molecule has 0 aliphatic heterocycles. The van der Waals surface area contributed by atoms with Crippen molar-refractivity contribution >= 4 is 17.3 Å². The molecular formula is C19H23O3. The van der Waals surface area contributed by atoms with Crippen LogP contribution in [-0.2, 0) is 14.4 Å². The highest BCUT2D eigenvalue weighted by Crippen LogP contribution is 2.62. The van der Waals surface area contributed by atoms with Gasteiger partial charge in [-0.1, -0.05) is 19.4 Å². The maximum atomic E-state index is 13.0. The maximum Gasteiger partial charge on any atom is 0.155 e. The number of allylic oxidation sites excluding steroid dienone is 1. The summed E-state index contributed by atoms with van der Waals surface area (Å²) in [6, 6.07) is 0. The van der Waals surface area contributed by atoms with Gasteiger partial charge in [0.1, 0.15) is 11.6 Å². The Morgan fingerprint density at radius 1 is 1.09 bits per heavy atom. The van der Waals surface area contributed by atoms with E-state index in [1.54, 1.807) is 6.08 Å². The Hall–Kier alpha value is -1.25. The van der Waals surface area contributed by atoms with Crippen molar-refractivity contribution in [3.05, 3.63) is 18.1 Å². The van der Waals surface area contributed by atoms with E-state index in [9.17, 15) is 14.4 Å². The van der Waals surface area contributed by atoms with Crippen LogP contribution in [0.2, 0.25) is 0 Å². The molecule has 0 saturated heterocycles. The Labute approximate surface area is 131 Å². The van der Waals surface area contributed by atoms with Crippen molar-refractivity contribution in [3.8, 4) is 0 Å². The molecule has 0 unspecified atom stereocenters. The molecule has 22 heavy (non-hydrogen) atoms. The summed E-state index contributed by atoms with van der Waals surface area (Å²) in [5, 5.41) is 0. The summed E-state index contributed by atoms with van der Waals surface area (Å²) in [4.78, 5) is 37.1. The summed E-state index contributed by atoms with van der Waals surface area (Å²) in [5.74, 6) is 1.34. The first-order chi connectivity index (χ1) is 10.4. The SMILES string of the molecule is C[C@]12[CH]CC(=O)C=C1CC[C@@H]1[C@H]2C(=O)C[C@]2(C)C(=O)CC[C@@H]12. The van der Waals surface area contributed by atoms with E-state index in [0.29, 0.717) is 36.9 Å². The molecule has 0 aromatic rings. The van der Waals surface area contributed by atoms with Crippen molar-refractivity contribution in [2.75, 3.05) is 0 Å². The largest absolute Gasteiger partial charge is 0.299 e. The standard InChI is InChI=1S/C19H23O3/c1-18-8-7-12(20)9-11(18)3-4-13-14-5-6-16(22)19(14,2)10-15(21)17(13)18/h8-9,13-14,17H,3-7,10H2,1-2H3/t13-,14-,17-,18-,19-/m0/s1. The Kier molecular flexibility index (Phi) is 2.87. The number of hydrogen-bond acceptors (Lipinski definition) is 3. The lowest BCUT2D eigenvalue weighted by molar-refractivity contribution is -0.148. The topological polar surface area (TPSA) is 51.2 Å². The molecular weight excluding hydrogens is 276 g/mol. The van der Waals surface area contributed by atoms with Crippen molar-refractivity contribution in [2.45, 2.75) is 52.4 Å². The van der Waals surface area contributed by atoms with Gasteiger partial charge in [-0.25, -0.2) is 0 Å². The molecule has 3 saturated carbocycles. The summed E-state index contributed by atoms with van der Waals surface area (Å²) in [5.41, 5.74) is 0.465. The van der Waals surface area contributed by atoms with E-state index in [2.05, 4.69) is 13.3 Å². The lowest BCUT2D eigenvalue weighted by Gasteiger charge is -2.55. The maximum absolute atomic E-state index is 13.0. The molecule has 4 rings (SSSR count). The molecule has 0 heterocycles. The molecule has 117 valence electrons. The summed E-state index contributed by atoms with van der Waals surface area (Å²) in [7, 11) is 0. The minimum absolute atomic E-state index is 0.0235. The highest BCUT2D eigenvalue weighted by molar-refractivity contribution is 5.97. The second kappa shape index (κ2) is 4.39. The summed E-state index contributed by atoms with van der Waals surface area (Å²) >= 11 is 0. The van der Waals surface area contributed by atoms with E-state index in [0.717, 1.165) is 24.8 Å². The van der Waals surface area contributed by atoms with E-state index in [-0.39, 0.29) is 22.9 Å². The van der Waals surface area contributed by atoms with Crippen LogP contribution in [0, 0.1) is 35.0 Å². The zero-order valence-corrected chi connectivity index (χ0v) is 13.4. The molecule has 4 aliphatic rings. The number of carbonyl (C=O) groups excluding carboxylic acids is 3. The molecule has 0 aromatic carbocycles. The first-order valence-corrected chi connectivity index (χ1v) is 8.50. The highest BCUT2D eigenvalue weighted by Gasteiger charge is 2.62. The van der Waals surface area contributed by atoms with Crippen molar-refractivity contribution in [1.82, 2.24) is 0 Å². The van der Waals surface area contributed by atoms with Gasteiger partial charge in [0.25, 0.3) is 0 Å². The zero-order chi connectivity index (χ0) is 15.7. The van der Waals surface area contributed by atoms with Crippen LogP contribution in [0.1, 0.15) is 52.4 Å². The third-order valence-electron chi connectivity index (χ3n) is 7.12. The van der Waals surface area contributed by atoms with Crippen LogP contribution in [0.3, 0.4) is 0 Å². The van der Waals surface area contributed by atoms with Crippen LogP contribution in [0.15, 0.2) is 11.6 Å². The molecule has 5 atom stereocenters. The Morgan fingerprint density at radius 3 is 2.64 bits per heavy atom. The number of hydrogen-bond donors (Lipinski definition) is 0. The van der Waals surface area contributed by atoms with E-state index in [1.165, 1.54) is 0 Å². The van der Waals surface area contributed by atoms with Crippen LogP contribution in [0.5, 0.6) is 0 Å². The third kappa shape index (κ3) is 1.65. The van der Waals surface area contributed by atoms with Gasteiger partial charge in [0.05, 0.1) is 0 Å². The van der Waals surface area contributed by atoms with Gasteiger partial charge in [0.2, 0.25) is 0 Å². The summed E-state index contributed by atoms with van der Waals surface area (Å²) in [6.45, 7) is 4.16. The van der Waals surface area contributed by atoms with Crippen LogP contribution < -0.4 is 0 Å². The van der Waals surface area contributed by atoms with Gasteiger partial charge in [0, 0.05) is 36.0 Å². The summed E-state index contributed by atoms with van der Waals surface area (Å²) < 4.78 is 0. The Morgan fingerprint density at radius 2 is 1.86 bits per heavy atom. The quantitative estimate of drug-likeness (QED) is 0.690. The van der Waals surface area contributed by atoms with Crippen molar-refractivity contribution < 1.29 is 14.4 Å².